The molecule has 0 aliphatic carbocycles. The molecule has 27 heavy (non-hydrogen) atoms. The maximum Gasteiger partial charge on any atom is 0.306 e. The molecule has 3 rings (SSSR count). The lowest BCUT2D eigenvalue weighted by Crippen LogP contribution is -2.03. The first-order valence-electron chi connectivity index (χ1n) is 8.28. The molecule has 0 fully saturated rings. The Bertz CT molecular complexity index is 992. The molecule has 7 nitrogen and oxygen atoms in total. The minimum atomic E-state index is -0.327. The quantitative estimate of drug-likeness (QED) is 0.334. The Morgan fingerprint density at radius 1 is 1.30 bits per heavy atom. The van der Waals surface area contributed by atoms with E-state index in [1.54, 1.807) is 37.6 Å². The monoisotopic (exact) mass is 365 g/mol. The normalized spacial score (nSPS) is 13.6. The number of carbonyl (C=O) groups is 2. The first-order valence-corrected chi connectivity index (χ1v) is 8.28. The summed E-state index contributed by atoms with van der Waals surface area (Å²) in [6, 6.07) is 5.21. The number of ether oxygens (including phenoxy) is 2. The third kappa shape index (κ3) is 3.65. The number of H-pyrrole nitrogens is 1. The molecular weight excluding hydrogens is 346 g/mol. The van der Waals surface area contributed by atoms with Gasteiger partial charge in [-0.05, 0) is 24.3 Å². The number of aromatic nitrogens is 1. The second-order valence-corrected chi connectivity index (χ2v) is 5.80. The van der Waals surface area contributed by atoms with Crippen LogP contribution in [0.3, 0.4) is 0 Å². The van der Waals surface area contributed by atoms with Gasteiger partial charge >= 0.3 is 5.97 Å². The minimum Gasteiger partial charge on any atom is -0.495 e. The zero-order valence-corrected chi connectivity index (χ0v) is 15.0. The molecule has 0 saturated carbocycles. The van der Waals surface area contributed by atoms with Crippen molar-refractivity contribution in [2.75, 3.05) is 25.3 Å². The van der Waals surface area contributed by atoms with E-state index in [9.17, 15) is 9.59 Å². The van der Waals surface area contributed by atoms with Crippen molar-refractivity contribution >= 4 is 34.9 Å². The Labute approximate surface area is 156 Å². The third-order valence-corrected chi connectivity index (χ3v) is 4.14. The van der Waals surface area contributed by atoms with Gasteiger partial charge in [-0.3, -0.25) is 9.59 Å². The lowest BCUT2D eigenvalue weighted by atomic mass is 9.98. The number of aromatic amines is 1. The van der Waals surface area contributed by atoms with Gasteiger partial charge in [0.15, 0.2) is 0 Å². The van der Waals surface area contributed by atoms with Crippen LogP contribution in [0, 0.1) is 11.8 Å². The Kier molecular flexibility index (Phi) is 5.18. The Balaban J connectivity index is 2.02. The molecular formula is C20H19N3O4. The van der Waals surface area contributed by atoms with Gasteiger partial charge < -0.3 is 25.5 Å². The first-order chi connectivity index (χ1) is 13.0. The molecule has 0 spiro atoms. The summed E-state index contributed by atoms with van der Waals surface area (Å²) in [5.74, 6) is 5.97. The SMILES string of the molecule is COC(=O)CCC#Cc1c(N)ccc2c1C(=Cc1[nH]ccc1OC)C(=O)N2. The van der Waals surface area contributed by atoms with Crippen molar-refractivity contribution < 1.29 is 19.1 Å². The minimum absolute atomic E-state index is 0.192. The summed E-state index contributed by atoms with van der Waals surface area (Å²) in [5.41, 5.74) is 9.51. The van der Waals surface area contributed by atoms with E-state index in [2.05, 4.69) is 26.9 Å². The molecule has 2 aromatic rings. The molecule has 1 aliphatic heterocycles. The number of hydrogen-bond donors (Lipinski definition) is 3. The van der Waals surface area contributed by atoms with Crippen molar-refractivity contribution in [3.05, 3.63) is 41.2 Å². The van der Waals surface area contributed by atoms with Gasteiger partial charge in [-0.1, -0.05) is 11.8 Å². The van der Waals surface area contributed by atoms with Crippen LogP contribution in [0.15, 0.2) is 24.4 Å². The number of rotatable bonds is 4. The fourth-order valence-electron chi connectivity index (χ4n) is 2.80. The molecule has 2 heterocycles. The summed E-state index contributed by atoms with van der Waals surface area (Å²) in [4.78, 5) is 26.8. The summed E-state index contributed by atoms with van der Waals surface area (Å²) in [7, 11) is 2.89. The zero-order valence-electron chi connectivity index (χ0n) is 15.0. The van der Waals surface area contributed by atoms with Gasteiger partial charge in [-0.25, -0.2) is 0 Å². The first kappa shape index (κ1) is 18.1. The number of carbonyl (C=O) groups excluding carboxylic acids is 2. The molecule has 1 aliphatic rings. The van der Waals surface area contributed by atoms with Crippen molar-refractivity contribution in [3.8, 4) is 17.6 Å². The van der Waals surface area contributed by atoms with Crippen LogP contribution < -0.4 is 15.8 Å². The molecule has 0 bridgehead atoms. The highest BCUT2D eigenvalue weighted by molar-refractivity contribution is 6.35. The Morgan fingerprint density at radius 2 is 2.11 bits per heavy atom. The maximum absolute atomic E-state index is 12.5. The summed E-state index contributed by atoms with van der Waals surface area (Å²) >= 11 is 0. The van der Waals surface area contributed by atoms with E-state index < -0.39 is 0 Å². The number of nitrogens with one attached hydrogen (secondary N) is 2. The van der Waals surface area contributed by atoms with Gasteiger partial charge in [0.2, 0.25) is 0 Å². The van der Waals surface area contributed by atoms with Crippen LogP contribution in [-0.2, 0) is 14.3 Å². The van der Waals surface area contributed by atoms with Gasteiger partial charge in [0.05, 0.1) is 43.2 Å². The van der Waals surface area contributed by atoms with Crippen LogP contribution in [-0.4, -0.2) is 31.1 Å². The van der Waals surface area contributed by atoms with Crippen LogP contribution in [0.2, 0.25) is 0 Å². The lowest BCUT2D eigenvalue weighted by Gasteiger charge is -2.06. The molecule has 0 radical (unpaired) electrons. The predicted molar refractivity (Wildman–Crippen MR) is 103 cm³/mol. The van der Waals surface area contributed by atoms with Crippen LogP contribution >= 0.6 is 0 Å². The van der Waals surface area contributed by atoms with Crippen molar-refractivity contribution in [2.45, 2.75) is 12.8 Å². The largest absolute Gasteiger partial charge is 0.495 e. The van der Waals surface area contributed by atoms with Crippen LogP contribution in [0.5, 0.6) is 5.75 Å². The fourth-order valence-corrected chi connectivity index (χ4v) is 2.80. The molecule has 4 N–H and O–H groups in total. The molecule has 0 unspecified atom stereocenters. The summed E-state index contributed by atoms with van der Waals surface area (Å²) < 4.78 is 9.88. The van der Waals surface area contributed by atoms with Crippen molar-refractivity contribution in [1.29, 1.82) is 0 Å². The summed E-state index contributed by atoms with van der Waals surface area (Å²) in [6.45, 7) is 0. The third-order valence-electron chi connectivity index (χ3n) is 4.14. The predicted octanol–water partition coefficient (Wildman–Crippen LogP) is 2.40. The molecule has 0 atom stereocenters. The highest BCUT2D eigenvalue weighted by Gasteiger charge is 2.28. The number of nitrogen functional groups attached to an aromatic ring is 1. The van der Waals surface area contributed by atoms with E-state index in [4.69, 9.17) is 10.5 Å². The number of fused-ring (bicyclic) bond motifs is 1. The second kappa shape index (κ2) is 7.70. The topological polar surface area (TPSA) is 106 Å². The smallest absolute Gasteiger partial charge is 0.306 e. The summed E-state index contributed by atoms with van der Waals surface area (Å²) in [6.07, 6.45) is 3.96. The van der Waals surface area contributed by atoms with Crippen molar-refractivity contribution in [2.24, 2.45) is 0 Å². The van der Waals surface area contributed by atoms with E-state index in [0.29, 0.717) is 45.9 Å². The van der Waals surface area contributed by atoms with Crippen LogP contribution in [0.25, 0.3) is 11.6 Å². The molecule has 1 amide bonds. The molecule has 138 valence electrons. The number of hydrogen-bond acceptors (Lipinski definition) is 5. The number of nitrogens with two attached hydrogens (primary N) is 1. The molecule has 1 aromatic carbocycles. The average molecular weight is 365 g/mol. The standard InChI is InChI=1S/C20H19N3O4/c1-26-17-9-10-22-16(17)11-13-19-12(5-3-4-6-18(24)27-2)14(21)7-8-15(19)23-20(13)25/h7-11,22H,4,6,21H2,1-2H3,(H,23,25). The van der Waals surface area contributed by atoms with Gasteiger partial charge in [-0.2, -0.15) is 0 Å². The molecule has 0 saturated heterocycles. The lowest BCUT2D eigenvalue weighted by molar-refractivity contribution is -0.140. The summed E-state index contributed by atoms with van der Waals surface area (Å²) in [5, 5.41) is 2.82. The van der Waals surface area contributed by atoms with Gasteiger partial charge in [0.1, 0.15) is 5.75 Å². The zero-order chi connectivity index (χ0) is 19.4. The highest BCUT2D eigenvalue weighted by atomic mass is 16.5. The highest BCUT2D eigenvalue weighted by Crippen LogP contribution is 2.38. The van der Waals surface area contributed by atoms with Gasteiger partial charge in [-0.15, -0.1) is 0 Å². The number of benzene rings is 1. The Morgan fingerprint density at radius 3 is 2.85 bits per heavy atom. The average Bonchev–Trinajstić information content (AvgIpc) is 3.24. The van der Waals surface area contributed by atoms with Gasteiger partial charge in [0, 0.05) is 23.9 Å². The van der Waals surface area contributed by atoms with Crippen molar-refractivity contribution in [1.82, 2.24) is 4.98 Å². The van der Waals surface area contributed by atoms with Gasteiger partial charge in [0.25, 0.3) is 5.91 Å². The molecule has 7 heteroatoms. The Hall–Kier alpha value is -3.66. The number of anilines is 2. The van der Waals surface area contributed by atoms with E-state index in [-0.39, 0.29) is 18.3 Å². The van der Waals surface area contributed by atoms with E-state index in [1.807, 2.05) is 0 Å². The second-order valence-electron chi connectivity index (χ2n) is 5.80. The fraction of sp³-hybridized carbons (Fsp3) is 0.200. The molecule has 1 aromatic heterocycles. The number of methoxy groups -OCH3 is 2. The number of esters is 1. The number of amides is 1. The van der Waals surface area contributed by atoms with E-state index in [0.717, 1.165) is 0 Å². The van der Waals surface area contributed by atoms with Crippen LogP contribution in [0.1, 0.15) is 29.7 Å². The van der Waals surface area contributed by atoms with Crippen molar-refractivity contribution in [3.63, 3.8) is 0 Å². The van der Waals surface area contributed by atoms with E-state index in [1.165, 1.54) is 7.11 Å². The van der Waals surface area contributed by atoms with E-state index >= 15 is 0 Å². The maximum atomic E-state index is 12.5. The van der Waals surface area contributed by atoms with Crippen LogP contribution in [0.4, 0.5) is 11.4 Å².